The van der Waals surface area contributed by atoms with Gasteiger partial charge in [-0.3, -0.25) is 4.79 Å². The van der Waals surface area contributed by atoms with Crippen LogP contribution in [0.5, 0.6) is 0 Å². The molecule has 136 valence electrons. The van der Waals surface area contributed by atoms with Crippen LogP contribution in [0.25, 0.3) is 10.9 Å². The molecule has 28 heavy (non-hydrogen) atoms. The molecule has 0 fully saturated rings. The summed E-state index contributed by atoms with van der Waals surface area (Å²) in [4.78, 5) is 16.7. The van der Waals surface area contributed by atoms with Crippen molar-refractivity contribution >= 4 is 22.4 Å². The fourth-order valence-corrected chi connectivity index (χ4v) is 3.35. The van der Waals surface area contributed by atoms with Crippen LogP contribution in [0.3, 0.4) is 0 Å². The zero-order valence-corrected chi connectivity index (χ0v) is 15.2. The smallest absolute Gasteiger partial charge is 0.191 e. The first-order chi connectivity index (χ1) is 13.8. The lowest BCUT2D eigenvalue weighted by molar-refractivity contribution is 0.0971. The van der Waals surface area contributed by atoms with Crippen LogP contribution < -0.4 is 5.32 Å². The molecule has 0 saturated carbocycles. The normalized spacial score (nSPS) is 11.7. The summed E-state index contributed by atoms with van der Waals surface area (Å²) in [6.45, 7) is 0. The predicted molar refractivity (Wildman–Crippen MR) is 111 cm³/mol. The minimum atomic E-state index is -0.512. The number of aromatic nitrogens is 1. The van der Waals surface area contributed by atoms with E-state index in [1.165, 1.54) is 0 Å². The summed E-state index contributed by atoms with van der Waals surface area (Å²) < 4.78 is 0. The first-order valence-electron chi connectivity index (χ1n) is 9.14. The van der Waals surface area contributed by atoms with E-state index < -0.39 is 6.04 Å². The van der Waals surface area contributed by atoms with Gasteiger partial charge in [0.05, 0.1) is 12.5 Å². The van der Waals surface area contributed by atoms with Gasteiger partial charge in [-0.1, -0.05) is 60.7 Å². The predicted octanol–water partition coefficient (Wildman–Crippen LogP) is 5.27. The van der Waals surface area contributed by atoms with Crippen molar-refractivity contribution in [3.63, 3.8) is 0 Å². The topological polar surface area (TPSA) is 68.7 Å². The van der Waals surface area contributed by atoms with Gasteiger partial charge in [0.2, 0.25) is 0 Å². The SMILES string of the molecule is N#CCc1ccc(N[C@@H](C(=O)c2c[nH]c3ccccc23)c2ccccc2)cc1. The van der Waals surface area contributed by atoms with E-state index in [4.69, 9.17) is 5.26 Å². The van der Waals surface area contributed by atoms with E-state index in [2.05, 4.69) is 16.4 Å². The van der Waals surface area contributed by atoms with Gasteiger partial charge in [0, 0.05) is 28.4 Å². The molecule has 4 aromatic rings. The fraction of sp³-hybridized carbons (Fsp3) is 0.0833. The Kier molecular flexibility index (Phi) is 4.90. The van der Waals surface area contributed by atoms with Crippen molar-refractivity contribution in [2.75, 3.05) is 5.32 Å². The van der Waals surface area contributed by atoms with Crippen molar-refractivity contribution < 1.29 is 4.79 Å². The van der Waals surface area contributed by atoms with Crippen LogP contribution in [0.1, 0.15) is 27.5 Å². The fourth-order valence-electron chi connectivity index (χ4n) is 3.35. The molecule has 0 aliphatic rings. The molecule has 4 rings (SSSR count). The molecule has 0 spiro atoms. The molecule has 0 amide bonds. The number of carbonyl (C=O) groups excluding carboxylic acids is 1. The second-order valence-corrected chi connectivity index (χ2v) is 6.63. The van der Waals surface area contributed by atoms with Gasteiger partial charge in [0.1, 0.15) is 6.04 Å². The molecule has 1 heterocycles. The van der Waals surface area contributed by atoms with E-state index in [0.29, 0.717) is 12.0 Å². The summed E-state index contributed by atoms with van der Waals surface area (Å²) >= 11 is 0. The summed E-state index contributed by atoms with van der Waals surface area (Å²) in [5.74, 6) is 0.00440. The number of rotatable bonds is 6. The molecular weight excluding hydrogens is 346 g/mol. The second-order valence-electron chi connectivity index (χ2n) is 6.63. The second kappa shape index (κ2) is 7.81. The number of nitrogens with zero attached hydrogens (tertiary/aromatic N) is 1. The molecule has 0 radical (unpaired) electrons. The standard InChI is InChI=1S/C24H19N3O/c25-15-14-17-10-12-19(13-11-17)27-23(18-6-2-1-3-7-18)24(28)21-16-26-22-9-5-4-8-20(21)22/h1-13,16,23,26-27H,14H2/t23-/m1/s1. The summed E-state index contributed by atoms with van der Waals surface area (Å²) in [7, 11) is 0. The Bertz CT molecular complexity index is 1140. The van der Waals surface area contributed by atoms with Crippen LogP contribution in [-0.2, 0) is 6.42 Å². The average Bonchev–Trinajstić information content (AvgIpc) is 3.18. The molecule has 3 aromatic carbocycles. The molecule has 0 saturated heterocycles. The molecule has 0 unspecified atom stereocenters. The number of anilines is 1. The van der Waals surface area contributed by atoms with Crippen LogP contribution in [-0.4, -0.2) is 10.8 Å². The lowest BCUT2D eigenvalue weighted by atomic mass is 9.96. The third-order valence-corrected chi connectivity index (χ3v) is 4.80. The Morgan fingerprint density at radius 3 is 2.43 bits per heavy atom. The van der Waals surface area contributed by atoms with E-state index in [-0.39, 0.29) is 5.78 Å². The number of para-hydroxylation sites is 1. The molecule has 0 aliphatic carbocycles. The van der Waals surface area contributed by atoms with Crippen LogP contribution in [0.15, 0.2) is 85.1 Å². The Balaban J connectivity index is 1.70. The molecular formula is C24H19N3O. The third-order valence-electron chi connectivity index (χ3n) is 4.80. The highest BCUT2D eigenvalue weighted by atomic mass is 16.1. The van der Waals surface area contributed by atoms with Crippen LogP contribution >= 0.6 is 0 Å². The molecule has 2 N–H and O–H groups in total. The maximum absolute atomic E-state index is 13.5. The van der Waals surface area contributed by atoms with E-state index in [1.54, 1.807) is 6.20 Å². The number of aromatic amines is 1. The van der Waals surface area contributed by atoms with Crippen LogP contribution in [0, 0.1) is 11.3 Å². The first kappa shape index (κ1) is 17.6. The maximum Gasteiger partial charge on any atom is 0.191 e. The Morgan fingerprint density at radius 1 is 0.964 bits per heavy atom. The van der Waals surface area contributed by atoms with Crippen molar-refractivity contribution in [1.29, 1.82) is 5.26 Å². The van der Waals surface area contributed by atoms with Gasteiger partial charge >= 0.3 is 0 Å². The van der Waals surface area contributed by atoms with Gasteiger partial charge in [0.15, 0.2) is 5.78 Å². The van der Waals surface area contributed by atoms with Gasteiger partial charge in [-0.15, -0.1) is 0 Å². The lowest BCUT2D eigenvalue weighted by Gasteiger charge is -2.19. The van der Waals surface area contributed by atoms with E-state index >= 15 is 0 Å². The van der Waals surface area contributed by atoms with Crippen molar-refractivity contribution in [3.8, 4) is 6.07 Å². The Labute approximate surface area is 163 Å². The number of fused-ring (bicyclic) bond motifs is 1. The average molecular weight is 365 g/mol. The van der Waals surface area contributed by atoms with Crippen LogP contribution in [0.2, 0.25) is 0 Å². The number of hydrogen-bond acceptors (Lipinski definition) is 3. The number of hydrogen-bond donors (Lipinski definition) is 2. The number of Topliss-reactive ketones (excluding diaryl/α,β-unsaturated/α-hetero) is 1. The number of nitrogens with one attached hydrogen (secondary N) is 2. The number of benzene rings is 3. The summed E-state index contributed by atoms with van der Waals surface area (Å²) in [5, 5.41) is 13.1. The number of ketones is 1. The molecule has 1 aromatic heterocycles. The first-order valence-corrected chi connectivity index (χ1v) is 9.14. The molecule has 0 bridgehead atoms. The van der Waals surface area contributed by atoms with E-state index in [0.717, 1.165) is 27.7 Å². The van der Waals surface area contributed by atoms with Crippen molar-refractivity contribution in [2.45, 2.75) is 12.5 Å². The third kappa shape index (κ3) is 3.51. The van der Waals surface area contributed by atoms with Gasteiger partial charge in [-0.2, -0.15) is 5.26 Å². The summed E-state index contributed by atoms with van der Waals surface area (Å²) in [6, 6.07) is 26.8. The molecule has 4 nitrogen and oxygen atoms in total. The number of carbonyl (C=O) groups is 1. The zero-order chi connectivity index (χ0) is 19.3. The Hall–Kier alpha value is -3.84. The van der Waals surface area contributed by atoms with E-state index in [1.807, 2.05) is 78.9 Å². The maximum atomic E-state index is 13.5. The number of H-pyrrole nitrogens is 1. The van der Waals surface area contributed by atoms with Gasteiger partial charge < -0.3 is 10.3 Å². The summed E-state index contributed by atoms with van der Waals surface area (Å²) in [6.07, 6.45) is 2.15. The Morgan fingerprint density at radius 2 is 1.68 bits per heavy atom. The highest BCUT2D eigenvalue weighted by Crippen LogP contribution is 2.27. The highest BCUT2D eigenvalue weighted by molar-refractivity contribution is 6.11. The lowest BCUT2D eigenvalue weighted by Crippen LogP contribution is -2.21. The van der Waals surface area contributed by atoms with Gasteiger partial charge in [0.25, 0.3) is 0 Å². The monoisotopic (exact) mass is 365 g/mol. The van der Waals surface area contributed by atoms with Crippen molar-refractivity contribution in [2.24, 2.45) is 0 Å². The molecule has 0 aliphatic heterocycles. The number of nitriles is 1. The summed E-state index contributed by atoms with van der Waals surface area (Å²) in [5.41, 5.74) is 4.30. The quantitative estimate of drug-likeness (QED) is 0.457. The van der Waals surface area contributed by atoms with E-state index in [9.17, 15) is 4.79 Å². The minimum absolute atomic E-state index is 0.00440. The van der Waals surface area contributed by atoms with Crippen LogP contribution in [0.4, 0.5) is 5.69 Å². The van der Waals surface area contributed by atoms with Crippen molar-refractivity contribution in [1.82, 2.24) is 4.98 Å². The van der Waals surface area contributed by atoms with Gasteiger partial charge in [-0.05, 0) is 29.3 Å². The van der Waals surface area contributed by atoms with Gasteiger partial charge in [-0.25, -0.2) is 0 Å². The highest BCUT2D eigenvalue weighted by Gasteiger charge is 2.24. The molecule has 4 heteroatoms. The molecule has 1 atom stereocenters. The largest absolute Gasteiger partial charge is 0.371 e. The van der Waals surface area contributed by atoms with Crippen molar-refractivity contribution in [3.05, 3.63) is 102 Å². The zero-order valence-electron chi connectivity index (χ0n) is 15.2. The minimum Gasteiger partial charge on any atom is -0.371 e.